The molecule has 2 heterocycles. The number of benzene rings is 1. The first-order chi connectivity index (χ1) is 12.7. The van der Waals surface area contributed by atoms with Crippen LogP contribution in [-0.4, -0.2) is 87.2 Å². The first-order valence-corrected chi connectivity index (χ1v) is 9.28. The van der Waals surface area contributed by atoms with Crippen molar-refractivity contribution in [2.45, 2.75) is 12.5 Å². The summed E-state index contributed by atoms with van der Waals surface area (Å²) in [4.78, 5) is 31.0. The molecule has 2 saturated heterocycles. The summed E-state index contributed by atoms with van der Waals surface area (Å²) in [6.45, 7) is 5.24. The van der Waals surface area contributed by atoms with Crippen molar-refractivity contribution in [1.82, 2.24) is 15.1 Å². The van der Waals surface area contributed by atoms with Crippen LogP contribution in [0.25, 0.3) is 0 Å². The second-order valence-corrected chi connectivity index (χ2v) is 6.72. The van der Waals surface area contributed by atoms with Gasteiger partial charge in [-0.05, 0) is 18.6 Å². The van der Waals surface area contributed by atoms with Gasteiger partial charge in [0.2, 0.25) is 11.8 Å². The lowest BCUT2D eigenvalue weighted by Gasteiger charge is -2.37. The molecule has 0 bridgehead atoms. The maximum absolute atomic E-state index is 12.8. The van der Waals surface area contributed by atoms with Crippen molar-refractivity contribution in [3.8, 4) is 0 Å². The van der Waals surface area contributed by atoms with E-state index in [9.17, 15) is 9.59 Å². The van der Waals surface area contributed by atoms with Crippen molar-refractivity contribution in [3.63, 3.8) is 0 Å². The number of carbonyl (C=O) groups excluding carboxylic acids is 2. The van der Waals surface area contributed by atoms with E-state index >= 15 is 0 Å². The van der Waals surface area contributed by atoms with E-state index in [1.54, 1.807) is 7.11 Å². The van der Waals surface area contributed by atoms with Gasteiger partial charge in [-0.15, -0.1) is 12.4 Å². The minimum atomic E-state index is -0.0627. The summed E-state index contributed by atoms with van der Waals surface area (Å²) < 4.78 is 4.96. The van der Waals surface area contributed by atoms with E-state index in [1.807, 2.05) is 40.1 Å². The number of ether oxygens (including phenoxy) is 1. The summed E-state index contributed by atoms with van der Waals surface area (Å²) in [5, 5.41) is 3.09. The van der Waals surface area contributed by atoms with Crippen LogP contribution in [0.4, 0.5) is 5.69 Å². The third-order valence-electron chi connectivity index (χ3n) is 5.11. The molecule has 3 rings (SSSR count). The number of rotatable bonds is 7. The molecule has 1 atom stereocenters. The largest absolute Gasteiger partial charge is 0.383 e. The zero-order valence-corrected chi connectivity index (χ0v) is 16.6. The van der Waals surface area contributed by atoms with Gasteiger partial charge >= 0.3 is 0 Å². The maximum Gasteiger partial charge on any atom is 0.244 e. The Labute approximate surface area is 167 Å². The molecular weight excluding hydrogens is 368 g/mol. The lowest BCUT2D eigenvalue weighted by Crippen LogP contribution is -2.55. The lowest BCUT2D eigenvalue weighted by molar-refractivity contribution is -0.132. The van der Waals surface area contributed by atoms with Crippen LogP contribution in [0.15, 0.2) is 30.3 Å². The zero-order chi connectivity index (χ0) is 18.4. The highest BCUT2D eigenvalue weighted by molar-refractivity contribution is 5.99. The summed E-state index contributed by atoms with van der Waals surface area (Å²) in [7, 11) is 1.64. The fourth-order valence-electron chi connectivity index (χ4n) is 3.63. The second-order valence-electron chi connectivity index (χ2n) is 6.72. The Hall–Kier alpha value is -1.67. The summed E-state index contributed by atoms with van der Waals surface area (Å²) >= 11 is 0. The van der Waals surface area contributed by atoms with E-state index in [0.29, 0.717) is 32.8 Å². The van der Waals surface area contributed by atoms with Gasteiger partial charge in [0, 0.05) is 52.1 Å². The van der Waals surface area contributed by atoms with Gasteiger partial charge in [0.25, 0.3) is 0 Å². The fourth-order valence-corrected chi connectivity index (χ4v) is 3.63. The van der Waals surface area contributed by atoms with E-state index in [1.165, 1.54) is 0 Å². The SMILES string of the molecule is COCCNCC(=O)N1CCN(C2CCN(c3ccccc3)C2=O)CC1.Cl. The number of amides is 2. The normalized spacial score (nSPS) is 20.6. The standard InChI is InChI=1S/C19H28N4O3.ClH/c1-26-14-8-20-15-18(24)22-12-10-21(11-13-22)17-7-9-23(19(17)25)16-5-3-2-4-6-16;/h2-6,17,20H,7-15H2,1H3;1H. The minimum Gasteiger partial charge on any atom is -0.383 e. The van der Waals surface area contributed by atoms with Crippen molar-refractivity contribution in [2.75, 3.05) is 64.4 Å². The Bertz CT molecular complexity index is 608. The number of nitrogens with one attached hydrogen (secondary N) is 1. The molecule has 7 nitrogen and oxygen atoms in total. The van der Waals surface area contributed by atoms with Crippen LogP contribution in [0.3, 0.4) is 0 Å². The van der Waals surface area contributed by atoms with Crippen molar-refractivity contribution in [1.29, 1.82) is 0 Å². The molecule has 0 aliphatic carbocycles. The van der Waals surface area contributed by atoms with Crippen LogP contribution < -0.4 is 10.2 Å². The van der Waals surface area contributed by atoms with Gasteiger partial charge in [0.15, 0.2) is 0 Å². The molecule has 2 fully saturated rings. The number of anilines is 1. The van der Waals surface area contributed by atoms with Gasteiger partial charge in [0.05, 0.1) is 19.2 Å². The molecular formula is C19H29ClN4O3. The van der Waals surface area contributed by atoms with Crippen molar-refractivity contribution in [2.24, 2.45) is 0 Å². The van der Waals surface area contributed by atoms with E-state index in [4.69, 9.17) is 4.74 Å². The Balaban J connectivity index is 0.00000261. The van der Waals surface area contributed by atoms with Crippen LogP contribution in [0.1, 0.15) is 6.42 Å². The van der Waals surface area contributed by atoms with Crippen LogP contribution >= 0.6 is 12.4 Å². The number of piperazine rings is 1. The molecule has 0 radical (unpaired) electrons. The first kappa shape index (κ1) is 21.6. The number of para-hydroxylation sites is 1. The van der Waals surface area contributed by atoms with Crippen LogP contribution in [0.2, 0.25) is 0 Å². The second kappa shape index (κ2) is 10.6. The molecule has 150 valence electrons. The highest BCUT2D eigenvalue weighted by Gasteiger charge is 2.38. The molecule has 0 saturated carbocycles. The minimum absolute atomic E-state index is 0. The van der Waals surface area contributed by atoms with Gasteiger partial charge in [-0.3, -0.25) is 14.5 Å². The number of hydrogen-bond acceptors (Lipinski definition) is 5. The predicted molar refractivity (Wildman–Crippen MR) is 107 cm³/mol. The fraction of sp³-hybridized carbons (Fsp3) is 0.579. The van der Waals surface area contributed by atoms with Crippen LogP contribution in [0.5, 0.6) is 0 Å². The smallest absolute Gasteiger partial charge is 0.244 e. The number of methoxy groups -OCH3 is 1. The van der Waals surface area contributed by atoms with Crippen LogP contribution in [-0.2, 0) is 14.3 Å². The maximum atomic E-state index is 12.8. The Morgan fingerprint density at radius 3 is 2.52 bits per heavy atom. The molecule has 1 N–H and O–H groups in total. The zero-order valence-electron chi connectivity index (χ0n) is 15.8. The van der Waals surface area contributed by atoms with Gasteiger partial charge in [0.1, 0.15) is 0 Å². The quantitative estimate of drug-likeness (QED) is 0.683. The Kier molecular flexibility index (Phi) is 8.50. The monoisotopic (exact) mass is 396 g/mol. The molecule has 8 heteroatoms. The topological polar surface area (TPSA) is 65.1 Å². The lowest BCUT2D eigenvalue weighted by atomic mass is 10.1. The Morgan fingerprint density at radius 1 is 1.15 bits per heavy atom. The molecule has 27 heavy (non-hydrogen) atoms. The van der Waals surface area contributed by atoms with Crippen molar-refractivity contribution < 1.29 is 14.3 Å². The molecule has 1 aromatic carbocycles. The van der Waals surface area contributed by atoms with E-state index < -0.39 is 0 Å². The molecule has 1 unspecified atom stereocenters. The number of carbonyl (C=O) groups is 2. The first-order valence-electron chi connectivity index (χ1n) is 9.28. The van der Waals surface area contributed by atoms with Crippen LogP contribution in [0, 0.1) is 0 Å². The third kappa shape index (κ3) is 5.42. The predicted octanol–water partition coefficient (Wildman–Crippen LogP) is 0.594. The third-order valence-corrected chi connectivity index (χ3v) is 5.11. The Morgan fingerprint density at radius 2 is 1.85 bits per heavy atom. The molecule has 0 spiro atoms. The molecule has 2 aliphatic heterocycles. The van der Waals surface area contributed by atoms with Gasteiger partial charge in [-0.2, -0.15) is 0 Å². The van der Waals surface area contributed by atoms with Gasteiger partial charge in [-0.1, -0.05) is 18.2 Å². The average molecular weight is 397 g/mol. The number of hydrogen-bond donors (Lipinski definition) is 1. The average Bonchev–Trinajstić information content (AvgIpc) is 3.07. The van der Waals surface area contributed by atoms with Crippen molar-refractivity contribution in [3.05, 3.63) is 30.3 Å². The number of halogens is 1. The highest BCUT2D eigenvalue weighted by atomic mass is 35.5. The van der Waals surface area contributed by atoms with E-state index in [2.05, 4.69) is 10.2 Å². The molecule has 1 aromatic rings. The van der Waals surface area contributed by atoms with Crippen molar-refractivity contribution >= 4 is 29.9 Å². The van der Waals surface area contributed by atoms with Gasteiger partial charge in [-0.25, -0.2) is 0 Å². The van der Waals surface area contributed by atoms with Gasteiger partial charge < -0.3 is 19.9 Å². The summed E-state index contributed by atoms with van der Waals surface area (Å²) in [6.07, 6.45) is 0.847. The molecule has 0 aromatic heterocycles. The highest BCUT2D eigenvalue weighted by Crippen LogP contribution is 2.24. The van der Waals surface area contributed by atoms with E-state index in [0.717, 1.165) is 31.7 Å². The summed E-state index contributed by atoms with van der Waals surface area (Å²) in [6, 6.07) is 9.78. The van der Waals surface area contributed by atoms with E-state index in [-0.39, 0.29) is 30.3 Å². The summed E-state index contributed by atoms with van der Waals surface area (Å²) in [5.74, 6) is 0.293. The molecule has 2 aliphatic rings. The summed E-state index contributed by atoms with van der Waals surface area (Å²) in [5.41, 5.74) is 0.968. The molecule has 2 amide bonds. The number of nitrogens with zero attached hydrogens (tertiary/aromatic N) is 3.